The molecule has 0 spiro atoms. The molecule has 1 amide bonds. The predicted molar refractivity (Wildman–Crippen MR) is 110 cm³/mol. The molecule has 3 heterocycles. The first-order valence-electron chi connectivity index (χ1n) is 10.1. The Morgan fingerprint density at radius 3 is 2.21 bits per heavy atom. The molecule has 142 valence electrons. The molecular formula is C24H25N3O. The Balaban J connectivity index is 1.37. The predicted octanol–water partition coefficient (Wildman–Crippen LogP) is 3.61. The first-order valence-corrected chi connectivity index (χ1v) is 10.1. The minimum atomic E-state index is 0.153. The van der Waals surface area contributed by atoms with Crippen molar-refractivity contribution in [2.75, 3.05) is 19.6 Å². The van der Waals surface area contributed by atoms with Gasteiger partial charge in [0.05, 0.1) is 12.1 Å². The molecule has 0 aliphatic carbocycles. The van der Waals surface area contributed by atoms with Crippen LogP contribution in [-0.4, -0.2) is 46.0 Å². The number of aromatic nitrogens is 1. The van der Waals surface area contributed by atoms with Crippen molar-refractivity contribution in [3.8, 4) is 0 Å². The van der Waals surface area contributed by atoms with E-state index in [1.807, 2.05) is 30.3 Å². The molecule has 0 saturated carbocycles. The summed E-state index contributed by atoms with van der Waals surface area (Å²) in [5, 5.41) is 0. The highest BCUT2D eigenvalue weighted by atomic mass is 16.2. The van der Waals surface area contributed by atoms with E-state index in [2.05, 4.69) is 63.0 Å². The number of carbonyl (C=O) groups excluding carboxylic acids is 1. The summed E-state index contributed by atoms with van der Waals surface area (Å²) < 4.78 is 2.21. The van der Waals surface area contributed by atoms with Gasteiger partial charge in [0.1, 0.15) is 5.69 Å². The van der Waals surface area contributed by atoms with E-state index in [0.717, 1.165) is 31.7 Å². The number of hydrogen-bond acceptors (Lipinski definition) is 2. The van der Waals surface area contributed by atoms with Crippen LogP contribution in [0.4, 0.5) is 0 Å². The van der Waals surface area contributed by atoms with Crippen LogP contribution in [0.15, 0.2) is 79.0 Å². The van der Waals surface area contributed by atoms with Gasteiger partial charge < -0.3 is 9.47 Å². The van der Waals surface area contributed by atoms with Crippen LogP contribution >= 0.6 is 0 Å². The van der Waals surface area contributed by atoms with Crippen molar-refractivity contribution >= 4 is 5.91 Å². The number of hydrogen-bond donors (Lipinski definition) is 0. The first-order chi connectivity index (χ1) is 13.8. The fourth-order valence-corrected chi connectivity index (χ4v) is 4.67. The minimum absolute atomic E-state index is 0.153. The van der Waals surface area contributed by atoms with Gasteiger partial charge in [-0.05, 0) is 29.7 Å². The van der Waals surface area contributed by atoms with Gasteiger partial charge in [-0.2, -0.15) is 0 Å². The molecule has 0 unspecified atom stereocenters. The number of nitrogens with zero attached hydrogens (tertiary/aromatic N) is 3. The Hall–Kier alpha value is -2.85. The zero-order chi connectivity index (χ0) is 18.9. The Morgan fingerprint density at radius 2 is 1.46 bits per heavy atom. The quantitative estimate of drug-likeness (QED) is 0.685. The summed E-state index contributed by atoms with van der Waals surface area (Å²) in [6.45, 7) is 3.64. The molecule has 3 aromatic rings. The third kappa shape index (κ3) is 3.14. The molecule has 2 aromatic carbocycles. The highest BCUT2D eigenvalue weighted by Gasteiger charge is 2.44. The van der Waals surface area contributed by atoms with Crippen molar-refractivity contribution in [1.29, 1.82) is 0 Å². The van der Waals surface area contributed by atoms with Gasteiger partial charge in [0.2, 0.25) is 0 Å². The van der Waals surface area contributed by atoms with Gasteiger partial charge in [-0.15, -0.1) is 0 Å². The van der Waals surface area contributed by atoms with E-state index in [1.54, 1.807) is 0 Å². The van der Waals surface area contributed by atoms with Gasteiger partial charge in [-0.3, -0.25) is 9.69 Å². The number of likely N-dealkylation sites (tertiary alicyclic amines) is 1. The molecule has 0 bridgehead atoms. The topological polar surface area (TPSA) is 28.5 Å². The van der Waals surface area contributed by atoms with Crippen molar-refractivity contribution in [2.24, 2.45) is 0 Å². The standard InChI is InChI=1S/C24H25N3O/c28-24-21-12-7-14-26(21)22-17-25(15-13-19-8-3-1-4-9-19)18-23(22)27(24)16-20-10-5-2-6-11-20/h1-12,14,22-23H,13,15-18H2/t22-,23-/m0/s1. The van der Waals surface area contributed by atoms with E-state index >= 15 is 0 Å². The zero-order valence-electron chi connectivity index (χ0n) is 15.9. The third-order valence-corrected chi connectivity index (χ3v) is 6.11. The summed E-state index contributed by atoms with van der Waals surface area (Å²) in [6, 6.07) is 25.5. The van der Waals surface area contributed by atoms with Crippen LogP contribution in [0.5, 0.6) is 0 Å². The van der Waals surface area contributed by atoms with E-state index in [1.165, 1.54) is 11.1 Å². The number of rotatable bonds is 5. The second-order valence-corrected chi connectivity index (χ2v) is 7.85. The van der Waals surface area contributed by atoms with Crippen LogP contribution in [0.1, 0.15) is 27.7 Å². The van der Waals surface area contributed by atoms with Crippen molar-refractivity contribution in [2.45, 2.75) is 25.0 Å². The summed E-state index contributed by atoms with van der Waals surface area (Å²) in [5.41, 5.74) is 3.38. The molecule has 0 radical (unpaired) electrons. The van der Waals surface area contributed by atoms with Crippen molar-refractivity contribution in [3.63, 3.8) is 0 Å². The zero-order valence-corrected chi connectivity index (χ0v) is 15.9. The van der Waals surface area contributed by atoms with Gasteiger partial charge >= 0.3 is 0 Å². The highest BCUT2D eigenvalue weighted by Crippen LogP contribution is 2.34. The molecule has 1 saturated heterocycles. The lowest BCUT2D eigenvalue weighted by atomic mass is 10.0. The number of benzene rings is 2. The van der Waals surface area contributed by atoms with Crippen LogP contribution in [0.2, 0.25) is 0 Å². The lowest BCUT2D eigenvalue weighted by molar-refractivity contribution is 0.0557. The molecule has 28 heavy (non-hydrogen) atoms. The van der Waals surface area contributed by atoms with E-state index in [0.29, 0.717) is 12.6 Å². The normalized spacial score (nSPS) is 21.6. The summed E-state index contributed by atoms with van der Waals surface area (Å²) in [7, 11) is 0. The fourth-order valence-electron chi connectivity index (χ4n) is 4.67. The van der Waals surface area contributed by atoms with Gasteiger partial charge in [-0.1, -0.05) is 60.7 Å². The van der Waals surface area contributed by atoms with Crippen LogP contribution in [0.25, 0.3) is 0 Å². The number of fused-ring (bicyclic) bond motifs is 3. The van der Waals surface area contributed by atoms with Crippen molar-refractivity contribution < 1.29 is 4.79 Å². The Kier molecular flexibility index (Phi) is 4.49. The van der Waals surface area contributed by atoms with Gasteiger partial charge in [-0.25, -0.2) is 0 Å². The molecule has 0 N–H and O–H groups in total. The maximum Gasteiger partial charge on any atom is 0.271 e. The molecule has 2 aliphatic heterocycles. The van der Waals surface area contributed by atoms with Gasteiger partial charge in [0.25, 0.3) is 5.91 Å². The SMILES string of the molecule is O=C1c2cccn2[C@H]2CN(CCc3ccccc3)C[C@@H]2N1Cc1ccccc1. The molecule has 2 aliphatic rings. The summed E-state index contributed by atoms with van der Waals surface area (Å²) >= 11 is 0. The third-order valence-electron chi connectivity index (χ3n) is 6.11. The lowest BCUT2D eigenvalue weighted by Crippen LogP contribution is -2.49. The molecule has 1 aromatic heterocycles. The van der Waals surface area contributed by atoms with Gasteiger partial charge in [0.15, 0.2) is 0 Å². The monoisotopic (exact) mass is 371 g/mol. The average Bonchev–Trinajstić information content (AvgIpc) is 3.38. The molecule has 2 atom stereocenters. The molecular weight excluding hydrogens is 346 g/mol. The van der Waals surface area contributed by atoms with E-state index < -0.39 is 0 Å². The second-order valence-electron chi connectivity index (χ2n) is 7.85. The number of amides is 1. The molecule has 4 heteroatoms. The fraction of sp³-hybridized carbons (Fsp3) is 0.292. The average molecular weight is 371 g/mol. The Bertz CT molecular complexity index is 950. The summed E-state index contributed by atoms with van der Waals surface area (Å²) in [5.74, 6) is 0.153. The summed E-state index contributed by atoms with van der Waals surface area (Å²) in [4.78, 5) is 17.8. The lowest BCUT2D eigenvalue weighted by Gasteiger charge is -2.38. The molecule has 4 nitrogen and oxygen atoms in total. The van der Waals surface area contributed by atoms with E-state index in [-0.39, 0.29) is 11.9 Å². The Labute approximate surface area is 166 Å². The van der Waals surface area contributed by atoms with Crippen molar-refractivity contribution in [3.05, 3.63) is 95.8 Å². The van der Waals surface area contributed by atoms with Crippen LogP contribution in [0, 0.1) is 0 Å². The highest BCUT2D eigenvalue weighted by molar-refractivity contribution is 5.94. The van der Waals surface area contributed by atoms with Crippen LogP contribution in [0.3, 0.4) is 0 Å². The smallest absolute Gasteiger partial charge is 0.271 e. The van der Waals surface area contributed by atoms with E-state index in [4.69, 9.17) is 0 Å². The maximum absolute atomic E-state index is 13.2. The molecule has 1 fully saturated rings. The van der Waals surface area contributed by atoms with Crippen LogP contribution in [-0.2, 0) is 13.0 Å². The van der Waals surface area contributed by atoms with Crippen LogP contribution < -0.4 is 0 Å². The Morgan fingerprint density at radius 1 is 0.786 bits per heavy atom. The van der Waals surface area contributed by atoms with Crippen molar-refractivity contribution in [1.82, 2.24) is 14.4 Å². The van der Waals surface area contributed by atoms with E-state index in [9.17, 15) is 4.79 Å². The second kappa shape index (κ2) is 7.28. The minimum Gasteiger partial charge on any atom is -0.337 e. The van der Waals surface area contributed by atoms with Gasteiger partial charge in [0, 0.05) is 32.4 Å². The largest absolute Gasteiger partial charge is 0.337 e. The molecule has 5 rings (SSSR count). The maximum atomic E-state index is 13.2. The first kappa shape index (κ1) is 17.3. The number of carbonyl (C=O) groups is 1. The summed E-state index contributed by atoms with van der Waals surface area (Å²) in [6.07, 6.45) is 3.12.